The van der Waals surface area contributed by atoms with Gasteiger partial charge >= 0.3 is 0 Å². The van der Waals surface area contributed by atoms with Gasteiger partial charge in [-0.1, -0.05) is 17.3 Å². The van der Waals surface area contributed by atoms with E-state index in [2.05, 4.69) is 15.6 Å². The molecule has 1 aliphatic rings. The Bertz CT molecular complexity index is 912. The number of rotatable bonds is 7. The summed E-state index contributed by atoms with van der Waals surface area (Å²) < 4.78 is 14.4. The molecule has 1 fully saturated rings. The van der Waals surface area contributed by atoms with Crippen molar-refractivity contribution in [3.05, 3.63) is 60.0 Å². The molecular formula is C20H23N5O3. The highest BCUT2D eigenvalue weighted by molar-refractivity contribution is 5.95. The van der Waals surface area contributed by atoms with Gasteiger partial charge in [0.15, 0.2) is 11.5 Å². The third-order valence-corrected chi connectivity index (χ3v) is 4.78. The Hall–Kier alpha value is -3.13. The number of carbonyl (C=O) groups excluding carboxylic acids is 1. The molecule has 2 aromatic heterocycles. The van der Waals surface area contributed by atoms with Crippen molar-refractivity contribution in [2.75, 3.05) is 20.3 Å². The number of methoxy groups -OCH3 is 1. The van der Waals surface area contributed by atoms with Crippen molar-refractivity contribution >= 4 is 5.91 Å². The maximum absolute atomic E-state index is 12.8. The van der Waals surface area contributed by atoms with Gasteiger partial charge in [-0.2, -0.15) is 0 Å². The first-order valence-corrected chi connectivity index (χ1v) is 9.34. The van der Waals surface area contributed by atoms with Gasteiger partial charge in [-0.15, -0.1) is 5.10 Å². The molecule has 1 atom stereocenters. The normalized spacial score (nSPS) is 16.2. The number of aromatic nitrogens is 4. The highest BCUT2D eigenvalue weighted by Gasteiger charge is 2.23. The van der Waals surface area contributed by atoms with Crippen LogP contribution in [-0.2, 0) is 11.3 Å². The highest BCUT2D eigenvalue weighted by atomic mass is 16.5. The van der Waals surface area contributed by atoms with Crippen LogP contribution in [0, 0.1) is 0 Å². The molecule has 4 rings (SSSR count). The third kappa shape index (κ3) is 3.91. The van der Waals surface area contributed by atoms with Gasteiger partial charge in [-0.05, 0) is 42.7 Å². The van der Waals surface area contributed by atoms with Crippen LogP contribution >= 0.6 is 0 Å². The van der Waals surface area contributed by atoms with Gasteiger partial charge in [0.2, 0.25) is 0 Å². The molecule has 1 aromatic carbocycles. The quantitative estimate of drug-likeness (QED) is 0.677. The lowest BCUT2D eigenvalue weighted by Gasteiger charge is -2.12. The monoisotopic (exact) mass is 381 g/mol. The maximum atomic E-state index is 12.8. The van der Waals surface area contributed by atoms with E-state index in [0.717, 1.165) is 30.8 Å². The molecule has 1 saturated heterocycles. The summed E-state index contributed by atoms with van der Waals surface area (Å²) in [5, 5.41) is 11.3. The molecule has 3 heterocycles. The maximum Gasteiger partial charge on any atom is 0.275 e. The van der Waals surface area contributed by atoms with E-state index in [-0.39, 0.29) is 12.0 Å². The highest BCUT2D eigenvalue weighted by Crippen LogP contribution is 2.17. The fourth-order valence-electron chi connectivity index (χ4n) is 3.29. The summed E-state index contributed by atoms with van der Waals surface area (Å²) in [7, 11) is 1.64. The second-order valence-electron chi connectivity index (χ2n) is 6.70. The first-order valence-electron chi connectivity index (χ1n) is 9.34. The van der Waals surface area contributed by atoms with Crippen LogP contribution < -0.4 is 10.1 Å². The van der Waals surface area contributed by atoms with Crippen LogP contribution in [0.5, 0.6) is 5.75 Å². The molecule has 0 radical (unpaired) electrons. The predicted molar refractivity (Wildman–Crippen MR) is 103 cm³/mol. The Morgan fingerprint density at radius 3 is 2.75 bits per heavy atom. The third-order valence-electron chi connectivity index (χ3n) is 4.78. The number of carbonyl (C=O) groups is 1. The standard InChI is InChI=1S/C20H23N5O3/c1-27-16-8-6-15(7-9-16)14-25-20(24-10-2-3-11-24)18(22-23-25)19(26)21-13-17-5-4-12-28-17/h2-3,6-11,17H,4-5,12-14H2,1H3,(H,21,26)/t17-/m0/s1. The van der Waals surface area contributed by atoms with E-state index >= 15 is 0 Å². The van der Waals surface area contributed by atoms with Crippen LogP contribution in [0.1, 0.15) is 28.9 Å². The molecule has 1 amide bonds. The molecule has 0 saturated carbocycles. The molecule has 28 heavy (non-hydrogen) atoms. The number of nitrogens with one attached hydrogen (secondary N) is 1. The Labute approximate surface area is 163 Å². The summed E-state index contributed by atoms with van der Waals surface area (Å²) in [6.45, 7) is 1.73. The molecular weight excluding hydrogens is 358 g/mol. The number of benzene rings is 1. The molecule has 1 aliphatic heterocycles. The van der Waals surface area contributed by atoms with Crippen LogP contribution in [-0.4, -0.2) is 51.8 Å². The van der Waals surface area contributed by atoms with Crippen molar-refractivity contribution in [2.24, 2.45) is 0 Å². The van der Waals surface area contributed by atoms with E-state index in [9.17, 15) is 4.79 Å². The average Bonchev–Trinajstić information content (AvgIpc) is 3.48. The first kappa shape index (κ1) is 18.2. The van der Waals surface area contributed by atoms with Crippen LogP contribution in [0.4, 0.5) is 0 Å². The second kappa shape index (κ2) is 8.26. The number of hydrogen-bond donors (Lipinski definition) is 1. The zero-order valence-corrected chi connectivity index (χ0v) is 15.7. The fraction of sp³-hybridized carbons (Fsp3) is 0.350. The Kier molecular flexibility index (Phi) is 5.38. The molecule has 8 heteroatoms. The minimum Gasteiger partial charge on any atom is -0.497 e. The van der Waals surface area contributed by atoms with Gasteiger partial charge in [-0.3, -0.25) is 4.79 Å². The van der Waals surface area contributed by atoms with Crippen LogP contribution in [0.2, 0.25) is 0 Å². The molecule has 3 aromatic rings. The largest absolute Gasteiger partial charge is 0.497 e. The smallest absolute Gasteiger partial charge is 0.275 e. The van der Waals surface area contributed by atoms with Gasteiger partial charge in [0.05, 0.1) is 19.8 Å². The molecule has 0 aliphatic carbocycles. The van der Waals surface area contributed by atoms with Gasteiger partial charge in [-0.25, -0.2) is 4.68 Å². The van der Waals surface area contributed by atoms with E-state index < -0.39 is 0 Å². The van der Waals surface area contributed by atoms with E-state index in [4.69, 9.17) is 9.47 Å². The zero-order chi connectivity index (χ0) is 19.3. The summed E-state index contributed by atoms with van der Waals surface area (Å²) in [6, 6.07) is 11.5. The summed E-state index contributed by atoms with van der Waals surface area (Å²) in [4.78, 5) is 12.8. The Morgan fingerprint density at radius 2 is 2.07 bits per heavy atom. The molecule has 146 valence electrons. The van der Waals surface area contributed by atoms with E-state index in [1.165, 1.54) is 0 Å². The van der Waals surface area contributed by atoms with Crippen molar-refractivity contribution in [3.8, 4) is 11.6 Å². The minimum absolute atomic E-state index is 0.0772. The van der Waals surface area contributed by atoms with Gasteiger partial charge in [0.1, 0.15) is 5.75 Å². The average molecular weight is 381 g/mol. The van der Waals surface area contributed by atoms with Gasteiger partial charge < -0.3 is 19.4 Å². The van der Waals surface area contributed by atoms with E-state index in [0.29, 0.717) is 24.6 Å². The predicted octanol–water partition coefficient (Wildman–Crippen LogP) is 2.03. The summed E-state index contributed by atoms with van der Waals surface area (Å²) in [6.07, 6.45) is 5.83. The zero-order valence-electron chi connectivity index (χ0n) is 15.7. The summed E-state index contributed by atoms with van der Waals surface area (Å²) >= 11 is 0. The minimum atomic E-state index is -0.250. The molecule has 8 nitrogen and oxygen atoms in total. The summed E-state index contributed by atoms with van der Waals surface area (Å²) in [5.41, 5.74) is 1.33. The lowest BCUT2D eigenvalue weighted by Crippen LogP contribution is -2.32. The molecule has 0 spiro atoms. The lowest BCUT2D eigenvalue weighted by molar-refractivity contribution is 0.0853. The molecule has 1 N–H and O–H groups in total. The van der Waals surface area contributed by atoms with Crippen molar-refractivity contribution in [2.45, 2.75) is 25.5 Å². The van der Waals surface area contributed by atoms with Crippen molar-refractivity contribution in [1.82, 2.24) is 24.9 Å². The van der Waals surface area contributed by atoms with Crippen molar-refractivity contribution < 1.29 is 14.3 Å². The Morgan fingerprint density at radius 1 is 1.29 bits per heavy atom. The number of amides is 1. The fourth-order valence-corrected chi connectivity index (χ4v) is 3.29. The van der Waals surface area contributed by atoms with Crippen molar-refractivity contribution in [1.29, 1.82) is 0 Å². The second-order valence-corrected chi connectivity index (χ2v) is 6.70. The molecule has 0 bridgehead atoms. The Balaban J connectivity index is 1.57. The first-order chi connectivity index (χ1) is 13.7. The van der Waals surface area contributed by atoms with E-state index in [1.807, 2.05) is 53.4 Å². The van der Waals surface area contributed by atoms with Crippen LogP contribution in [0.25, 0.3) is 5.82 Å². The van der Waals surface area contributed by atoms with Crippen molar-refractivity contribution in [3.63, 3.8) is 0 Å². The SMILES string of the molecule is COc1ccc(Cn2nnc(C(=O)NC[C@@H]3CCCO3)c2-n2cccc2)cc1. The summed E-state index contributed by atoms with van der Waals surface area (Å²) in [5.74, 6) is 1.17. The lowest BCUT2D eigenvalue weighted by atomic mass is 10.2. The number of nitrogens with zero attached hydrogens (tertiary/aromatic N) is 4. The van der Waals surface area contributed by atoms with Crippen LogP contribution in [0.15, 0.2) is 48.8 Å². The van der Waals surface area contributed by atoms with E-state index in [1.54, 1.807) is 11.8 Å². The number of hydrogen-bond acceptors (Lipinski definition) is 5. The van der Waals surface area contributed by atoms with Gasteiger partial charge in [0, 0.05) is 25.5 Å². The van der Waals surface area contributed by atoms with Crippen LogP contribution in [0.3, 0.4) is 0 Å². The number of ether oxygens (including phenoxy) is 2. The molecule has 0 unspecified atom stereocenters. The van der Waals surface area contributed by atoms with Gasteiger partial charge in [0.25, 0.3) is 5.91 Å². The topological polar surface area (TPSA) is 83.2 Å².